The molecule has 62 valence electrons. The van der Waals surface area contributed by atoms with Gasteiger partial charge in [-0.25, -0.2) is 15.0 Å². The smallest absolute Gasteiger partial charge is 0.199 e. The lowest BCUT2D eigenvalue weighted by molar-refractivity contribution is 1.12. The fourth-order valence-corrected chi connectivity index (χ4v) is 2.20. The molecule has 2 aromatic heterocycles. The van der Waals surface area contributed by atoms with E-state index in [-0.39, 0.29) is 0 Å². The number of nitrogens with zero attached hydrogens (tertiary/aromatic N) is 3. The Bertz CT molecular complexity index is 437. The Hall–Kier alpha value is -0.0100. The van der Waals surface area contributed by atoms with Gasteiger partial charge in [0.15, 0.2) is 15.1 Å². The van der Waals surface area contributed by atoms with Gasteiger partial charge in [0.2, 0.25) is 0 Å². The lowest BCUT2D eigenvalue weighted by Gasteiger charge is -1.91. The van der Waals surface area contributed by atoms with Crippen LogP contribution in [0.2, 0.25) is 0 Å². The molecule has 0 aliphatic heterocycles. The summed E-state index contributed by atoms with van der Waals surface area (Å²) in [5.74, 6) is 0. The van der Waals surface area contributed by atoms with Gasteiger partial charge >= 0.3 is 0 Å². The van der Waals surface area contributed by atoms with Gasteiger partial charge in [-0.05, 0) is 47.8 Å². The van der Waals surface area contributed by atoms with E-state index in [0.717, 1.165) is 5.52 Å². The van der Waals surface area contributed by atoms with E-state index in [4.69, 9.17) is 0 Å². The number of halogens is 3. The van der Waals surface area contributed by atoms with E-state index in [1.165, 1.54) is 0 Å². The molecule has 0 aromatic carbocycles. The van der Waals surface area contributed by atoms with Gasteiger partial charge in [-0.15, -0.1) is 0 Å². The van der Waals surface area contributed by atoms with Crippen molar-refractivity contribution in [2.45, 2.75) is 0 Å². The van der Waals surface area contributed by atoms with Gasteiger partial charge in [0.1, 0.15) is 10.1 Å². The molecular formula is C5HBr3N4. The second-order valence-electron chi connectivity index (χ2n) is 2.01. The standard InChI is InChI=1S/C5HBr3N4/c6-2-1-3(11-4(7)9-1)12-5(8)10-2/h(H,9,10,11,12). The average molecular weight is 357 g/mol. The summed E-state index contributed by atoms with van der Waals surface area (Å²) in [7, 11) is 0. The maximum Gasteiger partial charge on any atom is 0.199 e. The van der Waals surface area contributed by atoms with Crippen LogP contribution >= 0.6 is 47.8 Å². The first-order chi connectivity index (χ1) is 5.66. The van der Waals surface area contributed by atoms with Crippen LogP contribution in [0.5, 0.6) is 0 Å². The number of fused-ring (bicyclic) bond motifs is 1. The number of aromatic amines is 1. The highest BCUT2D eigenvalue weighted by Crippen LogP contribution is 2.21. The zero-order valence-electron chi connectivity index (χ0n) is 5.48. The monoisotopic (exact) mass is 354 g/mol. The first-order valence-electron chi connectivity index (χ1n) is 2.91. The Morgan fingerprint density at radius 2 is 1.75 bits per heavy atom. The predicted molar refractivity (Wildman–Crippen MR) is 54.8 cm³/mol. The molecule has 1 N–H and O–H groups in total. The number of imidazole rings is 1. The summed E-state index contributed by atoms with van der Waals surface area (Å²) in [4.78, 5) is 15.2. The summed E-state index contributed by atoms with van der Waals surface area (Å²) in [5, 5.41) is 0. The van der Waals surface area contributed by atoms with Crippen LogP contribution in [0.3, 0.4) is 0 Å². The molecule has 0 fully saturated rings. The Kier molecular flexibility index (Phi) is 2.18. The van der Waals surface area contributed by atoms with E-state index in [9.17, 15) is 0 Å². The normalized spacial score (nSPS) is 10.9. The van der Waals surface area contributed by atoms with Crippen LogP contribution in [0.1, 0.15) is 0 Å². The molecule has 7 heteroatoms. The van der Waals surface area contributed by atoms with Gasteiger partial charge in [0.25, 0.3) is 0 Å². The van der Waals surface area contributed by atoms with E-state index in [1.807, 2.05) is 0 Å². The van der Waals surface area contributed by atoms with E-state index >= 15 is 0 Å². The van der Waals surface area contributed by atoms with E-state index in [1.54, 1.807) is 0 Å². The molecule has 0 radical (unpaired) electrons. The number of rotatable bonds is 0. The molecule has 0 unspecified atom stereocenters. The average Bonchev–Trinajstić information content (AvgIpc) is 2.29. The lowest BCUT2D eigenvalue weighted by atomic mass is 10.6. The zero-order valence-corrected chi connectivity index (χ0v) is 10.2. The van der Waals surface area contributed by atoms with Crippen LogP contribution in [0.4, 0.5) is 0 Å². The third-order valence-electron chi connectivity index (χ3n) is 1.25. The number of hydrogen-bond donors (Lipinski definition) is 1. The highest BCUT2D eigenvalue weighted by Gasteiger charge is 2.07. The number of nitrogens with one attached hydrogen (secondary N) is 1. The molecule has 0 aliphatic carbocycles. The SMILES string of the molecule is Brc1nc(Br)c2[nH]c(Br)nc2n1. The highest BCUT2D eigenvalue weighted by molar-refractivity contribution is 9.11. The van der Waals surface area contributed by atoms with Gasteiger partial charge < -0.3 is 4.98 Å². The lowest BCUT2D eigenvalue weighted by Crippen LogP contribution is -1.85. The van der Waals surface area contributed by atoms with Crippen LogP contribution < -0.4 is 0 Å². The van der Waals surface area contributed by atoms with Crippen LogP contribution in [-0.4, -0.2) is 19.9 Å². The summed E-state index contributed by atoms with van der Waals surface area (Å²) in [5.41, 5.74) is 1.40. The molecule has 2 rings (SSSR count). The van der Waals surface area contributed by atoms with Crippen molar-refractivity contribution < 1.29 is 0 Å². The summed E-state index contributed by atoms with van der Waals surface area (Å²) in [6.45, 7) is 0. The second kappa shape index (κ2) is 3.04. The van der Waals surface area contributed by atoms with Crippen LogP contribution in [0.25, 0.3) is 11.2 Å². The van der Waals surface area contributed by atoms with Crippen molar-refractivity contribution in [3.8, 4) is 0 Å². The van der Waals surface area contributed by atoms with E-state index in [2.05, 4.69) is 67.7 Å². The van der Waals surface area contributed by atoms with Crippen LogP contribution in [-0.2, 0) is 0 Å². The molecular weight excluding hydrogens is 356 g/mol. The Morgan fingerprint density at radius 1 is 1.00 bits per heavy atom. The third-order valence-corrected chi connectivity index (χ3v) is 2.55. The van der Waals surface area contributed by atoms with Gasteiger partial charge in [0, 0.05) is 0 Å². The first-order valence-corrected chi connectivity index (χ1v) is 5.29. The summed E-state index contributed by atoms with van der Waals surface area (Å²) in [6, 6.07) is 0. The van der Waals surface area contributed by atoms with Crippen molar-refractivity contribution >= 4 is 59.0 Å². The quantitative estimate of drug-likeness (QED) is 0.448. The molecule has 0 atom stereocenters. The molecule has 0 saturated heterocycles. The maximum atomic E-state index is 4.08. The van der Waals surface area contributed by atoms with Crippen molar-refractivity contribution in [2.24, 2.45) is 0 Å². The zero-order chi connectivity index (χ0) is 8.72. The molecule has 2 aromatic rings. The summed E-state index contributed by atoms with van der Waals surface area (Å²) in [6.07, 6.45) is 0. The van der Waals surface area contributed by atoms with Gasteiger partial charge in [-0.1, -0.05) is 0 Å². The Balaban J connectivity index is 2.88. The van der Waals surface area contributed by atoms with Crippen molar-refractivity contribution in [2.75, 3.05) is 0 Å². The first kappa shape index (κ1) is 8.58. The summed E-state index contributed by atoms with van der Waals surface area (Å²) >= 11 is 9.67. The molecule has 12 heavy (non-hydrogen) atoms. The summed E-state index contributed by atoms with van der Waals surface area (Å²) < 4.78 is 1.85. The molecule has 2 heterocycles. The molecule has 0 saturated carbocycles. The van der Waals surface area contributed by atoms with Gasteiger partial charge in [0.05, 0.1) is 0 Å². The number of aromatic nitrogens is 4. The van der Waals surface area contributed by atoms with Crippen molar-refractivity contribution in [1.82, 2.24) is 19.9 Å². The molecule has 0 aliphatic rings. The third kappa shape index (κ3) is 1.40. The fourth-order valence-electron chi connectivity index (χ4n) is 0.810. The van der Waals surface area contributed by atoms with Crippen molar-refractivity contribution in [3.63, 3.8) is 0 Å². The van der Waals surface area contributed by atoms with E-state index < -0.39 is 0 Å². The minimum atomic E-state index is 0.515. The topological polar surface area (TPSA) is 54.5 Å². The fraction of sp³-hybridized carbons (Fsp3) is 0. The maximum absolute atomic E-state index is 4.08. The van der Waals surface area contributed by atoms with Crippen molar-refractivity contribution in [3.05, 3.63) is 14.1 Å². The predicted octanol–water partition coefficient (Wildman–Crippen LogP) is 2.64. The number of hydrogen-bond acceptors (Lipinski definition) is 3. The van der Waals surface area contributed by atoms with E-state index in [0.29, 0.717) is 19.7 Å². The molecule has 4 nitrogen and oxygen atoms in total. The molecule has 0 spiro atoms. The van der Waals surface area contributed by atoms with Crippen LogP contribution in [0.15, 0.2) is 14.1 Å². The molecule has 0 bridgehead atoms. The van der Waals surface area contributed by atoms with Crippen LogP contribution in [0, 0.1) is 0 Å². The van der Waals surface area contributed by atoms with Gasteiger partial charge in [-0.2, -0.15) is 0 Å². The number of H-pyrrole nitrogens is 1. The second-order valence-corrected chi connectivity index (χ2v) is 4.22. The minimum absolute atomic E-state index is 0.515. The Labute approximate surface area is 92.6 Å². The van der Waals surface area contributed by atoms with Gasteiger partial charge in [-0.3, -0.25) is 0 Å². The molecule has 0 amide bonds. The highest BCUT2D eigenvalue weighted by atomic mass is 79.9. The largest absolute Gasteiger partial charge is 0.329 e. The van der Waals surface area contributed by atoms with Crippen molar-refractivity contribution in [1.29, 1.82) is 0 Å². The minimum Gasteiger partial charge on any atom is -0.329 e. The Morgan fingerprint density at radius 3 is 2.50 bits per heavy atom.